The molecule has 8 nitrogen and oxygen atoms in total. The number of hydrogen-bond donors (Lipinski definition) is 3. The molecule has 0 unspecified atom stereocenters. The first kappa shape index (κ1) is 36.0. The number of aliphatic hydroxyl groups excluding tert-OH is 1. The van der Waals surface area contributed by atoms with E-state index in [1.807, 2.05) is 0 Å². The molecule has 0 saturated carbocycles. The zero-order valence-corrected chi connectivity index (χ0v) is 18.4. The van der Waals surface area contributed by atoms with E-state index in [0.29, 0.717) is 0 Å². The predicted molar refractivity (Wildman–Crippen MR) is 97.0 cm³/mol. The van der Waals surface area contributed by atoms with E-state index in [1.54, 1.807) is 0 Å². The first-order chi connectivity index (χ1) is 15.1. The van der Waals surface area contributed by atoms with Gasteiger partial charge in [-0.2, -0.15) is 17.6 Å². The van der Waals surface area contributed by atoms with Crippen molar-refractivity contribution in [3.63, 3.8) is 0 Å². The maximum Gasteiger partial charge on any atom is 1.00 e. The van der Waals surface area contributed by atoms with Crippen molar-refractivity contribution in [1.82, 2.24) is 9.97 Å². The van der Waals surface area contributed by atoms with E-state index in [4.69, 9.17) is 16.7 Å². The number of aromatic carboxylic acids is 2. The van der Waals surface area contributed by atoms with Gasteiger partial charge in [0.05, 0.1) is 8.52 Å². The number of aromatic nitrogens is 2. The minimum absolute atomic E-state index is 0. The molecule has 0 amide bonds. The Morgan fingerprint density at radius 3 is 1.71 bits per heavy atom. The predicted octanol–water partition coefficient (Wildman–Crippen LogP) is 1.48. The largest absolute Gasteiger partial charge is 1.00 e. The molecule has 0 aromatic carbocycles. The van der Waals surface area contributed by atoms with Gasteiger partial charge < -0.3 is 21.5 Å². The minimum atomic E-state index is -4.95. The van der Waals surface area contributed by atoms with E-state index in [1.165, 1.54) is 18.3 Å². The molecule has 34 heavy (non-hydrogen) atoms. The number of ether oxygens (including phenoxy) is 1. The van der Waals surface area contributed by atoms with Crippen LogP contribution in [-0.4, -0.2) is 63.5 Å². The second-order valence-corrected chi connectivity index (χ2v) is 4.63. The quantitative estimate of drug-likeness (QED) is 0.314. The average molecular weight is 523 g/mol. The number of carboxylic acids is 2. The Kier molecular flexibility index (Phi) is 19.9. The molecule has 2 heterocycles. The standard InChI is InChI=1S/C7H4F3NO3.C6H4FNO2.C2H3F3O.CH3F.CH4.Na.H/c8-7(9,10)14-5-4(6(12)13)2-1-3-11-5;7-5-4(6(9)10)2-1-3-8-5;3-2(4,5)1-6;1-2;;;/h1-3H,(H,12,13);1-3H,(H,9,10);6H,1H2;1H3;1H4;;/q;;;;;+1;-1/i;;;1D;;;. The van der Waals surface area contributed by atoms with Crippen molar-refractivity contribution >= 4 is 11.9 Å². The summed E-state index contributed by atoms with van der Waals surface area (Å²) >= 11 is 0. The summed E-state index contributed by atoms with van der Waals surface area (Å²) in [7, 11) is -1.00. The summed E-state index contributed by atoms with van der Waals surface area (Å²) < 4.78 is 98.0. The van der Waals surface area contributed by atoms with Gasteiger partial charge in [0, 0.05) is 12.4 Å². The molecule has 0 saturated heterocycles. The van der Waals surface area contributed by atoms with Crippen molar-refractivity contribution in [3.8, 4) is 5.88 Å². The number of carbonyl (C=O) groups is 2. The van der Waals surface area contributed by atoms with Crippen molar-refractivity contribution < 1.29 is 97.1 Å². The van der Waals surface area contributed by atoms with Crippen LogP contribution in [0.15, 0.2) is 36.7 Å². The maximum atomic E-state index is 12.3. The molecular formula is C17H19F8N2NaO6. The molecule has 0 aliphatic carbocycles. The first-order valence-corrected chi connectivity index (χ1v) is 7.40. The van der Waals surface area contributed by atoms with Crippen molar-refractivity contribution in [2.24, 2.45) is 0 Å². The zero-order valence-electron chi connectivity index (χ0n) is 18.4. The molecule has 2 aromatic heterocycles. The first-order valence-electron chi connectivity index (χ1n) is 8.11. The normalized spacial score (nSPS) is 9.97. The summed E-state index contributed by atoms with van der Waals surface area (Å²) in [6, 6.07) is 4.69. The number of carboxylic acid groups (broad SMARTS) is 2. The summed E-state index contributed by atoms with van der Waals surface area (Å²) in [5.74, 6) is -4.74. The molecule has 190 valence electrons. The third-order valence-electron chi connectivity index (χ3n) is 2.38. The number of hydrogen-bond acceptors (Lipinski definition) is 6. The molecule has 0 atom stereocenters. The Bertz CT molecular complexity index is 880. The molecule has 2 aromatic rings. The molecule has 0 spiro atoms. The van der Waals surface area contributed by atoms with Gasteiger partial charge in [0.1, 0.15) is 17.7 Å². The van der Waals surface area contributed by atoms with E-state index < -0.39 is 61.2 Å². The van der Waals surface area contributed by atoms with Crippen LogP contribution in [0.25, 0.3) is 0 Å². The van der Waals surface area contributed by atoms with E-state index >= 15 is 0 Å². The number of aliphatic hydroxyl groups is 1. The SMILES string of the molecule is C.O=C(O)c1cccnc1F.O=C(O)c1cccnc1OC(F)(F)F.OCC(F)(F)F.[2H]CF.[H-].[Na+]. The molecule has 3 N–H and O–H groups in total. The van der Waals surface area contributed by atoms with Gasteiger partial charge >= 0.3 is 54.0 Å². The monoisotopic (exact) mass is 523 g/mol. The summed E-state index contributed by atoms with van der Waals surface area (Å²) in [5.41, 5.74) is -1.03. The summed E-state index contributed by atoms with van der Waals surface area (Å²) in [6.45, 7) is -1.73. The van der Waals surface area contributed by atoms with Gasteiger partial charge in [-0.15, -0.1) is 13.2 Å². The van der Waals surface area contributed by atoms with Crippen LogP contribution in [0.3, 0.4) is 0 Å². The average Bonchev–Trinajstić information content (AvgIpc) is 2.68. The van der Waals surface area contributed by atoms with Crippen LogP contribution < -0.4 is 34.3 Å². The fourth-order valence-corrected chi connectivity index (χ4v) is 1.29. The number of rotatable bonds is 3. The number of nitrogens with zero attached hydrogens (tertiary/aromatic N) is 2. The topological polar surface area (TPSA) is 130 Å². The molecule has 2 rings (SSSR count). The molecule has 0 aliphatic rings. The fraction of sp³-hybridized carbons (Fsp3) is 0.294. The Morgan fingerprint density at radius 1 is 1.03 bits per heavy atom. The van der Waals surface area contributed by atoms with Crippen LogP contribution >= 0.6 is 0 Å². The van der Waals surface area contributed by atoms with Gasteiger partial charge in [-0.05, 0) is 24.3 Å². The van der Waals surface area contributed by atoms with Crippen LogP contribution in [-0.2, 0) is 0 Å². The third-order valence-corrected chi connectivity index (χ3v) is 2.38. The van der Waals surface area contributed by atoms with Gasteiger partial charge in [-0.3, -0.25) is 4.39 Å². The van der Waals surface area contributed by atoms with Gasteiger partial charge in [-0.1, -0.05) is 7.43 Å². The van der Waals surface area contributed by atoms with Crippen LogP contribution in [0.5, 0.6) is 5.88 Å². The Labute approximate surface area is 212 Å². The summed E-state index contributed by atoms with van der Waals surface area (Å²) in [4.78, 5) is 26.9. The molecule has 0 radical (unpaired) electrons. The zero-order chi connectivity index (χ0) is 26.2. The van der Waals surface area contributed by atoms with Crippen LogP contribution in [0.4, 0.5) is 35.1 Å². The van der Waals surface area contributed by atoms with E-state index in [-0.39, 0.29) is 38.4 Å². The maximum absolute atomic E-state index is 12.3. The van der Waals surface area contributed by atoms with Crippen molar-refractivity contribution in [2.45, 2.75) is 20.0 Å². The van der Waals surface area contributed by atoms with Crippen LogP contribution in [0, 0.1) is 5.95 Å². The minimum Gasteiger partial charge on any atom is -1.00 e. The van der Waals surface area contributed by atoms with Crippen LogP contribution in [0.2, 0.25) is 0 Å². The molecule has 0 bridgehead atoms. The van der Waals surface area contributed by atoms with E-state index in [2.05, 4.69) is 14.7 Å². The Balaban J connectivity index is -0.000000129. The molecular weight excluding hydrogens is 503 g/mol. The van der Waals surface area contributed by atoms with E-state index in [0.717, 1.165) is 18.3 Å². The summed E-state index contributed by atoms with van der Waals surface area (Å²) in [5, 5.41) is 24.0. The van der Waals surface area contributed by atoms with Gasteiger partial charge in [0.2, 0.25) is 11.8 Å². The number of alkyl halides is 7. The second-order valence-electron chi connectivity index (χ2n) is 4.63. The van der Waals surface area contributed by atoms with E-state index in [9.17, 15) is 44.7 Å². The Hall–Kier alpha value is -2.56. The molecule has 0 aliphatic heterocycles. The fourth-order valence-electron chi connectivity index (χ4n) is 1.29. The number of pyridine rings is 2. The van der Waals surface area contributed by atoms with Crippen molar-refractivity contribution in [1.29, 1.82) is 0 Å². The molecule has 0 fully saturated rings. The van der Waals surface area contributed by atoms with Crippen molar-refractivity contribution in [2.75, 3.05) is 13.8 Å². The second kappa shape index (κ2) is 18.8. The van der Waals surface area contributed by atoms with Gasteiger partial charge in [0.25, 0.3) is 0 Å². The molecule has 17 heteroatoms. The number of halogens is 8. The van der Waals surface area contributed by atoms with Crippen molar-refractivity contribution in [3.05, 3.63) is 53.7 Å². The smallest absolute Gasteiger partial charge is 1.00 e. The van der Waals surface area contributed by atoms with Gasteiger partial charge in [-0.25, -0.2) is 19.6 Å². The Morgan fingerprint density at radius 2 is 1.41 bits per heavy atom. The van der Waals surface area contributed by atoms with Crippen LogP contribution in [0.1, 0.15) is 30.9 Å². The summed E-state index contributed by atoms with van der Waals surface area (Å²) in [6.07, 6.45) is -7.14. The third kappa shape index (κ3) is 19.0. The van der Waals surface area contributed by atoms with Gasteiger partial charge in [0.15, 0.2) is 0 Å².